The molecule has 0 spiro atoms. The first-order chi connectivity index (χ1) is 13.7. The first-order valence-corrected chi connectivity index (χ1v) is 11.3. The maximum atomic E-state index is 12.7. The molecule has 2 aliphatic heterocycles. The normalized spacial score (nSPS) is 20.1. The van der Waals surface area contributed by atoms with Crippen molar-refractivity contribution in [3.8, 4) is 0 Å². The zero-order valence-corrected chi connectivity index (χ0v) is 18.5. The van der Waals surface area contributed by atoms with Crippen LogP contribution >= 0.6 is 24.2 Å². The second-order valence-electron chi connectivity index (χ2n) is 7.67. The highest BCUT2D eigenvalue weighted by molar-refractivity contribution is 7.99. The average Bonchev–Trinajstić information content (AvgIpc) is 3.22. The molecule has 1 aromatic carbocycles. The molecule has 0 aliphatic carbocycles. The van der Waals surface area contributed by atoms with Gasteiger partial charge < -0.3 is 10.6 Å². The smallest absolute Gasteiger partial charge is 0.276 e. The molecule has 1 aromatic heterocycles. The van der Waals surface area contributed by atoms with E-state index in [4.69, 9.17) is 0 Å². The summed E-state index contributed by atoms with van der Waals surface area (Å²) < 4.78 is 1.93. The van der Waals surface area contributed by atoms with Crippen molar-refractivity contribution in [1.82, 2.24) is 20.0 Å². The van der Waals surface area contributed by atoms with Gasteiger partial charge in [0.15, 0.2) is 5.69 Å². The Bertz CT molecular complexity index is 815. The van der Waals surface area contributed by atoms with E-state index < -0.39 is 0 Å². The third-order valence-corrected chi connectivity index (χ3v) is 6.49. The second-order valence-corrected chi connectivity index (χ2v) is 8.90. The first-order valence-electron chi connectivity index (χ1n) is 10.2. The molecule has 8 heteroatoms. The minimum Gasteiger partial charge on any atom is -0.320 e. The molecule has 2 aliphatic rings. The summed E-state index contributed by atoms with van der Waals surface area (Å²) >= 11 is 2.02. The summed E-state index contributed by atoms with van der Waals surface area (Å²) in [5.74, 6) is 2.26. The molecule has 2 fully saturated rings. The van der Waals surface area contributed by atoms with E-state index in [1.165, 1.54) is 17.1 Å². The van der Waals surface area contributed by atoms with Gasteiger partial charge in [-0.05, 0) is 49.6 Å². The van der Waals surface area contributed by atoms with Crippen molar-refractivity contribution in [3.63, 3.8) is 0 Å². The number of thioether (sulfide) groups is 1. The minimum absolute atomic E-state index is 0. The van der Waals surface area contributed by atoms with E-state index in [0.717, 1.165) is 56.8 Å². The lowest BCUT2D eigenvalue weighted by Crippen LogP contribution is -2.32. The van der Waals surface area contributed by atoms with Gasteiger partial charge in [0.1, 0.15) is 0 Å². The SMILES string of the molecule is Cc1ccc(CN2CCSCC2)cc1NC(=O)c1ccn(C2CCCNC2)n1.Cl. The Morgan fingerprint density at radius 1 is 1.31 bits per heavy atom. The van der Waals surface area contributed by atoms with Crippen LogP contribution in [0.4, 0.5) is 5.69 Å². The Morgan fingerprint density at radius 3 is 2.90 bits per heavy atom. The van der Waals surface area contributed by atoms with Crippen molar-refractivity contribution < 1.29 is 4.79 Å². The number of nitrogens with zero attached hydrogens (tertiary/aromatic N) is 3. The van der Waals surface area contributed by atoms with Crippen molar-refractivity contribution in [2.75, 3.05) is 43.0 Å². The summed E-state index contributed by atoms with van der Waals surface area (Å²) in [4.78, 5) is 15.2. The molecule has 2 aromatic rings. The molecule has 0 radical (unpaired) electrons. The third-order valence-electron chi connectivity index (χ3n) is 5.55. The van der Waals surface area contributed by atoms with E-state index in [9.17, 15) is 4.79 Å². The number of carbonyl (C=O) groups is 1. The molecule has 1 amide bonds. The number of carbonyl (C=O) groups excluding carboxylic acids is 1. The predicted octanol–water partition coefficient (Wildman–Crippen LogP) is 3.34. The summed E-state index contributed by atoms with van der Waals surface area (Å²) in [6, 6.07) is 8.52. The summed E-state index contributed by atoms with van der Waals surface area (Å²) in [5, 5.41) is 11.0. The van der Waals surface area contributed by atoms with Gasteiger partial charge in [-0.15, -0.1) is 12.4 Å². The number of benzene rings is 1. The molecule has 1 unspecified atom stereocenters. The number of aryl methyl sites for hydroxylation is 1. The van der Waals surface area contributed by atoms with Crippen LogP contribution in [0.25, 0.3) is 0 Å². The Hall–Kier alpha value is -1.54. The molecular formula is C21H30ClN5OS. The molecule has 4 rings (SSSR count). The quantitative estimate of drug-likeness (QED) is 0.754. The number of amides is 1. The van der Waals surface area contributed by atoms with E-state index >= 15 is 0 Å². The third kappa shape index (κ3) is 5.75. The van der Waals surface area contributed by atoms with Gasteiger partial charge in [-0.2, -0.15) is 16.9 Å². The molecule has 6 nitrogen and oxygen atoms in total. The highest BCUT2D eigenvalue weighted by Crippen LogP contribution is 2.21. The zero-order chi connectivity index (χ0) is 19.3. The van der Waals surface area contributed by atoms with Gasteiger partial charge in [0.2, 0.25) is 0 Å². The summed E-state index contributed by atoms with van der Waals surface area (Å²) in [6.07, 6.45) is 4.17. The number of nitrogens with one attached hydrogen (secondary N) is 2. The molecule has 0 saturated carbocycles. The fourth-order valence-electron chi connectivity index (χ4n) is 3.83. The van der Waals surface area contributed by atoms with Crippen LogP contribution < -0.4 is 10.6 Å². The van der Waals surface area contributed by atoms with E-state index in [0.29, 0.717) is 11.7 Å². The van der Waals surface area contributed by atoms with Gasteiger partial charge in [-0.1, -0.05) is 12.1 Å². The topological polar surface area (TPSA) is 62.2 Å². The van der Waals surface area contributed by atoms with Crippen LogP contribution in [0.3, 0.4) is 0 Å². The standard InChI is InChI=1S/C21H29N5OS.ClH/c1-16-4-5-17(15-25-9-11-28-12-10-25)13-20(16)23-21(27)19-6-8-26(24-19)18-3-2-7-22-14-18;/h4-6,8,13,18,22H,2-3,7,9-12,14-15H2,1H3,(H,23,27);1H. The number of hydrogen-bond donors (Lipinski definition) is 2. The molecule has 1 atom stereocenters. The van der Waals surface area contributed by atoms with Crippen LogP contribution in [-0.2, 0) is 6.54 Å². The van der Waals surface area contributed by atoms with Crippen LogP contribution in [0.5, 0.6) is 0 Å². The molecule has 2 N–H and O–H groups in total. The monoisotopic (exact) mass is 435 g/mol. The lowest BCUT2D eigenvalue weighted by atomic mass is 10.1. The molecule has 2 saturated heterocycles. The summed E-state index contributed by atoms with van der Waals surface area (Å²) in [7, 11) is 0. The lowest BCUT2D eigenvalue weighted by Gasteiger charge is -2.26. The number of anilines is 1. The lowest BCUT2D eigenvalue weighted by molar-refractivity contribution is 0.102. The number of aromatic nitrogens is 2. The Balaban J connectivity index is 0.00000240. The number of piperidine rings is 1. The fourth-order valence-corrected chi connectivity index (χ4v) is 4.81. The Morgan fingerprint density at radius 2 is 2.14 bits per heavy atom. The van der Waals surface area contributed by atoms with E-state index in [-0.39, 0.29) is 18.3 Å². The van der Waals surface area contributed by atoms with Gasteiger partial charge in [0, 0.05) is 49.6 Å². The van der Waals surface area contributed by atoms with E-state index in [2.05, 4.69) is 38.8 Å². The molecule has 158 valence electrons. The van der Waals surface area contributed by atoms with Crippen LogP contribution in [0, 0.1) is 6.92 Å². The van der Waals surface area contributed by atoms with Gasteiger partial charge in [0.25, 0.3) is 5.91 Å². The molecular weight excluding hydrogens is 406 g/mol. The van der Waals surface area contributed by atoms with Crippen molar-refractivity contribution in [2.45, 2.75) is 32.4 Å². The average molecular weight is 436 g/mol. The Labute approximate surface area is 183 Å². The van der Waals surface area contributed by atoms with Crippen LogP contribution in [0.15, 0.2) is 30.5 Å². The predicted molar refractivity (Wildman–Crippen MR) is 122 cm³/mol. The minimum atomic E-state index is -0.142. The van der Waals surface area contributed by atoms with Crippen LogP contribution in [0.2, 0.25) is 0 Å². The van der Waals surface area contributed by atoms with E-state index in [1.54, 1.807) is 0 Å². The molecule has 0 bridgehead atoms. The van der Waals surface area contributed by atoms with Crippen molar-refractivity contribution in [1.29, 1.82) is 0 Å². The van der Waals surface area contributed by atoms with Gasteiger partial charge in [0.05, 0.1) is 6.04 Å². The number of rotatable bonds is 5. The highest BCUT2D eigenvalue weighted by Gasteiger charge is 2.18. The fraction of sp³-hybridized carbons (Fsp3) is 0.524. The zero-order valence-electron chi connectivity index (χ0n) is 16.9. The van der Waals surface area contributed by atoms with Crippen LogP contribution in [-0.4, -0.2) is 58.3 Å². The first kappa shape index (κ1) is 22.2. The van der Waals surface area contributed by atoms with Gasteiger partial charge in [-0.3, -0.25) is 14.4 Å². The second kappa shape index (κ2) is 10.5. The number of hydrogen-bond acceptors (Lipinski definition) is 5. The maximum absolute atomic E-state index is 12.7. The largest absolute Gasteiger partial charge is 0.320 e. The highest BCUT2D eigenvalue weighted by atomic mass is 35.5. The van der Waals surface area contributed by atoms with E-state index in [1.807, 2.05) is 35.6 Å². The van der Waals surface area contributed by atoms with Crippen molar-refractivity contribution >= 4 is 35.8 Å². The number of halogens is 1. The van der Waals surface area contributed by atoms with Gasteiger partial charge >= 0.3 is 0 Å². The van der Waals surface area contributed by atoms with Crippen molar-refractivity contribution in [2.24, 2.45) is 0 Å². The Kier molecular flexibility index (Phi) is 8.00. The molecule has 3 heterocycles. The van der Waals surface area contributed by atoms with Crippen molar-refractivity contribution in [3.05, 3.63) is 47.3 Å². The summed E-state index contributed by atoms with van der Waals surface area (Å²) in [6.45, 7) is 7.22. The summed E-state index contributed by atoms with van der Waals surface area (Å²) in [5.41, 5.74) is 3.67. The molecule has 29 heavy (non-hydrogen) atoms. The maximum Gasteiger partial charge on any atom is 0.276 e. The van der Waals surface area contributed by atoms with Crippen LogP contribution in [0.1, 0.15) is 40.5 Å². The van der Waals surface area contributed by atoms with Gasteiger partial charge in [-0.25, -0.2) is 0 Å².